The Hall–Kier alpha value is -1.13. The van der Waals surface area contributed by atoms with Gasteiger partial charge in [0.25, 0.3) is 0 Å². The van der Waals surface area contributed by atoms with Crippen LogP contribution in [-0.2, 0) is 4.74 Å². The predicted molar refractivity (Wildman–Crippen MR) is 122 cm³/mol. The standard InChI is InChI=1S/C20H33FN4O2.HI/c1-16(27-19-8-5-4-7-18(19)21)15-23-20(22-2)24-17-9-12-25(13-10-17)11-6-14-26-3;/h4-5,7-8,16-17H,6,9-15H2,1-3H3,(H2,22,23,24);1H. The zero-order valence-corrected chi connectivity index (χ0v) is 19.4. The summed E-state index contributed by atoms with van der Waals surface area (Å²) in [5, 5.41) is 6.75. The first-order valence-electron chi connectivity index (χ1n) is 9.72. The van der Waals surface area contributed by atoms with E-state index in [4.69, 9.17) is 9.47 Å². The molecule has 1 saturated heterocycles. The van der Waals surface area contributed by atoms with Crippen molar-refractivity contribution in [1.29, 1.82) is 0 Å². The molecule has 0 amide bonds. The predicted octanol–water partition coefficient (Wildman–Crippen LogP) is 2.88. The average Bonchev–Trinajstić information content (AvgIpc) is 2.68. The molecule has 0 aromatic heterocycles. The quantitative estimate of drug-likeness (QED) is 0.233. The molecule has 1 fully saturated rings. The molecule has 1 aliphatic rings. The third kappa shape index (κ3) is 8.91. The van der Waals surface area contributed by atoms with Crippen LogP contribution in [0.1, 0.15) is 26.2 Å². The van der Waals surface area contributed by atoms with Gasteiger partial charge in [-0.05, 0) is 38.3 Å². The van der Waals surface area contributed by atoms with Crippen LogP contribution in [0.4, 0.5) is 4.39 Å². The number of aliphatic imine (C=N–C) groups is 1. The molecule has 0 saturated carbocycles. The van der Waals surface area contributed by atoms with Crippen molar-refractivity contribution in [1.82, 2.24) is 15.5 Å². The first-order chi connectivity index (χ1) is 13.1. The Morgan fingerprint density at radius 3 is 2.68 bits per heavy atom. The molecule has 0 aliphatic carbocycles. The molecule has 28 heavy (non-hydrogen) atoms. The maximum absolute atomic E-state index is 13.7. The van der Waals surface area contributed by atoms with Crippen molar-refractivity contribution in [2.45, 2.75) is 38.3 Å². The van der Waals surface area contributed by atoms with E-state index in [1.54, 1.807) is 32.4 Å². The monoisotopic (exact) mass is 508 g/mol. The van der Waals surface area contributed by atoms with Gasteiger partial charge in [0.15, 0.2) is 17.5 Å². The van der Waals surface area contributed by atoms with Crippen molar-refractivity contribution in [2.24, 2.45) is 4.99 Å². The van der Waals surface area contributed by atoms with Gasteiger partial charge in [0.05, 0.1) is 6.54 Å². The topological polar surface area (TPSA) is 58.1 Å². The molecule has 1 heterocycles. The van der Waals surface area contributed by atoms with Crippen LogP contribution in [0.2, 0.25) is 0 Å². The van der Waals surface area contributed by atoms with E-state index in [-0.39, 0.29) is 41.6 Å². The van der Waals surface area contributed by atoms with Crippen molar-refractivity contribution in [2.75, 3.05) is 46.9 Å². The number of rotatable bonds is 9. The first-order valence-corrected chi connectivity index (χ1v) is 9.72. The lowest BCUT2D eigenvalue weighted by molar-refractivity contribution is 0.155. The van der Waals surface area contributed by atoms with Crippen molar-refractivity contribution in [3.8, 4) is 5.75 Å². The molecule has 0 spiro atoms. The number of halogens is 2. The fourth-order valence-corrected chi connectivity index (χ4v) is 3.16. The summed E-state index contributed by atoms with van der Waals surface area (Å²) in [5.74, 6) is 0.691. The highest BCUT2D eigenvalue weighted by atomic mass is 127. The summed E-state index contributed by atoms with van der Waals surface area (Å²) in [7, 11) is 3.51. The van der Waals surface area contributed by atoms with E-state index in [0.29, 0.717) is 12.6 Å². The lowest BCUT2D eigenvalue weighted by atomic mass is 10.1. The Kier molecular flexibility index (Phi) is 12.4. The molecule has 6 nitrogen and oxygen atoms in total. The molecule has 1 aromatic carbocycles. The van der Waals surface area contributed by atoms with Crippen molar-refractivity contribution in [3.63, 3.8) is 0 Å². The number of piperidine rings is 1. The number of nitrogens with zero attached hydrogens (tertiary/aromatic N) is 2. The van der Waals surface area contributed by atoms with Crippen LogP contribution < -0.4 is 15.4 Å². The van der Waals surface area contributed by atoms with Gasteiger partial charge in [-0.3, -0.25) is 4.99 Å². The number of hydrogen-bond donors (Lipinski definition) is 2. The molecular weight excluding hydrogens is 474 g/mol. The average molecular weight is 508 g/mol. The highest BCUT2D eigenvalue weighted by molar-refractivity contribution is 14.0. The minimum absolute atomic E-state index is 0. The highest BCUT2D eigenvalue weighted by Crippen LogP contribution is 2.16. The largest absolute Gasteiger partial charge is 0.486 e. The SMILES string of the molecule is CN=C(NCC(C)Oc1ccccc1F)NC1CCN(CCCOC)CC1.I. The highest BCUT2D eigenvalue weighted by Gasteiger charge is 2.19. The number of nitrogens with one attached hydrogen (secondary N) is 2. The van der Waals surface area contributed by atoms with Crippen molar-refractivity contribution in [3.05, 3.63) is 30.1 Å². The Labute approximate surface area is 185 Å². The summed E-state index contributed by atoms with van der Waals surface area (Å²) in [5.41, 5.74) is 0. The third-order valence-corrected chi connectivity index (χ3v) is 4.70. The first kappa shape index (κ1) is 24.9. The fraction of sp³-hybridized carbons (Fsp3) is 0.650. The minimum atomic E-state index is -0.343. The number of para-hydroxylation sites is 1. The van der Waals surface area contributed by atoms with Gasteiger partial charge in [0.2, 0.25) is 0 Å². The smallest absolute Gasteiger partial charge is 0.191 e. The summed E-state index contributed by atoms with van der Waals surface area (Å²) in [6, 6.07) is 6.87. The summed E-state index contributed by atoms with van der Waals surface area (Å²) in [4.78, 5) is 6.78. The van der Waals surface area contributed by atoms with Crippen molar-refractivity contribution >= 4 is 29.9 Å². The van der Waals surface area contributed by atoms with E-state index in [0.717, 1.165) is 51.5 Å². The second-order valence-corrected chi connectivity index (χ2v) is 6.92. The fourth-order valence-electron chi connectivity index (χ4n) is 3.16. The van der Waals surface area contributed by atoms with E-state index in [1.807, 2.05) is 6.92 Å². The number of ether oxygens (including phenoxy) is 2. The molecule has 2 N–H and O–H groups in total. The van der Waals surface area contributed by atoms with Crippen LogP contribution in [0, 0.1) is 5.82 Å². The molecule has 1 atom stereocenters. The van der Waals surface area contributed by atoms with Gasteiger partial charge in [-0.2, -0.15) is 0 Å². The number of hydrogen-bond acceptors (Lipinski definition) is 4. The molecule has 1 aromatic rings. The van der Waals surface area contributed by atoms with E-state index >= 15 is 0 Å². The second kappa shape index (κ2) is 13.9. The van der Waals surface area contributed by atoms with Crippen LogP contribution in [0.3, 0.4) is 0 Å². The van der Waals surface area contributed by atoms with E-state index < -0.39 is 0 Å². The summed E-state index contributed by atoms with van der Waals surface area (Å²) in [6.45, 7) is 6.55. The Bertz CT molecular complexity index is 583. The number of methoxy groups -OCH3 is 1. The normalized spacial score (nSPS) is 16.9. The molecule has 0 bridgehead atoms. The maximum Gasteiger partial charge on any atom is 0.191 e. The van der Waals surface area contributed by atoms with Crippen molar-refractivity contribution < 1.29 is 13.9 Å². The lowest BCUT2D eigenvalue weighted by Crippen LogP contribution is -2.50. The van der Waals surface area contributed by atoms with Crippen LogP contribution in [-0.4, -0.2) is 69.9 Å². The molecule has 2 rings (SSSR count). The number of likely N-dealkylation sites (tertiary alicyclic amines) is 1. The zero-order valence-electron chi connectivity index (χ0n) is 17.1. The number of guanidine groups is 1. The number of benzene rings is 1. The van der Waals surface area contributed by atoms with Crippen LogP contribution >= 0.6 is 24.0 Å². The lowest BCUT2D eigenvalue weighted by Gasteiger charge is -2.33. The van der Waals surface area contributed by atoms with Gasteiger partial charge in [0.1, 0.15) is 6.10 Å². The second-order valence-electron chi connectivity index (χ2n) is 6.92. The van der Waals surface area contributed by atoms with E-state index in [2.05, 4.69) is 20.5 Å². The van der Waals surface area contributed by atoms with Gasteiger partial charge in [-0.1, -0.05) is 12.1 Å². The maximum atomic E-state index is 13.7. The van der Waals surface area contributed by atoms with E-state index in [9.17, 15) is 4.39 Å². The third-order valence-electron chi connectivity index (χ3n) is 4.70. The minimum Gasteiger partial charge on any atom is -0.486 e. The van der Waals surface area contributed by atoms with Crippen LogP contribution in [0.5, 0.6) is 5.75 Å². The summed E-state index contributed by atoms with van der Waals surface area (Å²) < 4.78 is 24.4. The molecule has 0 radical (unpaired) electrons. The van der Waals surface area contributed by atoms with Crippen LogP contribution in [0.25, 0.3) is 0 Å². The van der Waals surface area contributed by atoms with Gasteiger partial charge in [0, 0.05) is 46.4 Å². The Morgan fingerprint density at radius 2 is 2.04 bits per heavy atom. The van der Waals surface area contributed by atoms with Gasteiger partial charge in [-0.25, -0.2) is 4.39 Å². The molecular formula is C20H34FIN4O2. The summed E-state index contributed by atoms with van der Waals surface area (Å²) >= 11 is 0. The Balaban J connectivity index is 0.00000392. The van der Waals surface area contributed by atoms with Crippen LogP contribution in [0.15, 0.2) is 29.3 Å². The molecule has 160 valence electrons. The zero-order chi connectivity index (χ0) is 19.5. The van der Waals surface area contributed by atoms with E-state index in [1.165, 1.54) is 6.07 Å². The molecule has 1 aliphatic heterocycles. The van der Waals surface area contributed by atoms with Gasteiger partial charge in [-0.15, -0.1) is 24.0 Å². The summed E-state index contributed by atoms with van der Waals surface area (Å²) in [6.07, 6.45) is 3.09. The molecule has 8 heteroatoms. The molecule has 1 unspecified atom stereocenters. The van der Waals surface area contributed by atoms with Gasteiger partial charge < -0.3 is 25.0 Å². The Morgan fingerprint density at radius 1 is 1.32 bits per heavy atom. The van der Waals surface area contributed by atoms with Gasteiger partial charge >= 0.3 is 0 Å².